The zero-order chi connectivity index (χ0) is 17.7. The number of aryl methyl sites for hydroxylation is 1. The third-order valence-electron chi connectivity index (χ3n) is 3.22. The lowest BCUT2D eigenvalue weighted by Crippen LogP contribution is -2.13. The van der Waals surface area contributed by atoms with Crippen molar-refractivity contribution in [1.29, 1.82) is 5.26 Å². The van der Waals surface area contributed by atoms with Crippen molar-refractivity contribution in [3.05, 3.63) is 58.1 Å². The highest BCUT2D eigenvalue weighted by Gasteiger charge is 2.12. The molecule has 2 aromatic carbocycles. The van der Waals surface area contributed by atoms with Gasteiger partial charge in [0.2, 0.25) is 0 Å². The third-order valence-corrected chi connectivity index (χ3v) is 3.51. The molecule has 0 aliphatic carbocycles. The molecule has 1 amide bonds. The Balaban J connectivity index is 2.31. The minimum absolute atomic E-state index is 0.0667. The number of hydrogen-bond donors (Lipinski definition) is 2. The number of nitrogens with one attached hydrogen (secondary N) is 1. The van der Waals surface area contributed by atoms with Crippen LogP contribution in [0.1, 0.15) is 11.1 Å². The number of amides is 1. The zero-order valence-electron chi connectivity index (χ0n) is 13.1. The van der Waals surface area contributed by atoms with E-state index in [4.69, 9.17) is 16.3 Å². The molecule has 6 heteroatoms. The highest BCUT2D eigenvalue weighted by molar-refractivity contribution is 6.32. The number of aromatic hydroxyl groups is 1. The maximum absolute atomic E-state index is 12.3. The molecule has 0 aliphatic heterocycles. The van der Waals surface area contributed by atoms with Crippen LogP contribution in [-0.2, 0) is 4.79 Å². The van der Waals surface area contributed by atoms with Gasteiger partial charge in [0.25, 0.3) is 5.91 Å². The average molecular weight is 343 g/mol. The second kappa shape index (κ2) is 7.53. The molecule has 0 aliphatic rings. The fraction of sp³-hybridized carbons (Fsp3) is 0.111. The molecule has 2 aromatic rings. The van der Waals surface area contributed by atoms with Gasteiger partial charge in [-0.25, -0.2) is 0 Å². The summed E-state index contributed by atoms with van der Waals surface area (Å²) in [5, 5.41) is 21.7. The number of hydrogen-bond acceptors (Lipinski definition) is 4. The number of benzene rings is 2. The van der Waals surface area contributed by atoms with Crippen molar-refractivity contribution in [1.82, 2.24) is 0 Å². The Hall–Kier alpha value is -2.97. The van der Waals surface area contributed by atoms with Gasteiger partial charge in [0.05, 0.1) is 12.1 Å². The molecule has 0 saturated carbocycles. The molecular formula is C18H15ClN2O3. The third kappa shape index (κ3) is 4.06. The van der Waals surface area contributed by atoms with Gasteiger partial charge in [-0.3, -0.25) is 4.79 Å². The van der Waals surface area contributed by atoms with Crippen LogP contribution >= 0.6 is 11.6 Å². The van der Waals surface area contributed by atoms with E-state index in [-0.39, 0.29) is 22.1 Å². The molecule has 0 bridgehead atoms. The molecule has 5 nitrogen and oxygen atoms in total. The minimum atomic E-state index is -0.536. The molecule has 0 saturated heterocycles. The van der Waals surface area contributed by atoms with Gasteiger partial charge in [0.15, 0.2) is 11.5 Å². The van der Waals surface area contributed by atoms with E-state index in [0.717, 1.165) is 5.56 Å². The number of rotatable bonds is 4. The van der Waals surface area contributed by atoms with Crippen LogP contribution in [0.3, 0.4) is 0 Å². The van der Waals surface area contributed by atoms with E-state index in [0.29, 0.717) is 11.3 Å². The average Bonchev–Trinajstić information content (AvgIpc) is 2.55. The van der Waals surface area contributed by atoms with Gasteiger partial charge in [0.1, 0.15) is 11.6 Å². The van der Waals surface area contributed by atoms with Crippen LogP contribution in [0.25, 0.3) is 6.08 Å². The van der Waals surface area contributed by atoms with E-state index in [9.17, 15) is 15.2 Å². The molecule has 2 N–H and O–H groups in total. The minimum Gasteiger partial charge on any atom is -0.503 e. The highest BCUT2D eigenvalue weighted by atomic mass is 35.5. The first-order valence-corrected chi connectivity index (χ1v) is 7.38. The summed E-state index contributed by atoms with van der Waals surface area (Å²) in [6, 6.07) is 12.0. The van der Waals surface area contributed by atoms with Crippen molar-refractivity contribution < 1.29 is 14.6 Å². The van der Waals surface area contributed by atoms with Gasteiger partial charge < -0.3 is 15.2 Å². The Morgan fingerprint density at radius 3 is 2.75 bits per heavy atom. The Morgan fingerprint density at radius 2 is 2.12 bits per heavy atom. The smallest absolute Gasteiger partial charge is 0.266 e. The number of carbonyl (C=O) groups excluding carboxylic acids is 1. The van der Waals surface area contributed by atoms with E-state index in [2.05, 4.69) is 5.32 Å². The molecule has 0 atom stereocenters. The quantitative estimate of drug-likeness (QED) is 0.652. The van der Waals surface area contributed by atoms with Crippen LogP contribution < -0.4 is 10.1 Å². The van der Waals surface area contributed by atoms with E-state index in [1.807, 2.05) is 25.1 Å². The van der Waals surface area contributed by atoms with Crippen molar-refractivity contribution >= 4 is 29.3 Å². The summed E-state index contributed by atoms with van der Waals surface area (Å²) in [5.74, 6) is -0.574. The van der Waals surface area contributed by atoms with Gasteiger partial charge in [-0.2, -0.15) is 5.26 Å². The molecular weight excluding hydrogens is 328 g/mol. The molecule has 0 heterocycles. The predicted octanol–water partition coefficient (Wildman–Crippen LogP) is 3.91. The zero-order valence-corrected chi connectivity index (χ0v) is 13.9. The Labute approximate surface area is 144 Å². The highest BCUT2D eigenvalue weighted by Crippen LogP contribution is 2.35. The van der Waals surface area contributed by atoms with E-state index >= 15 is 0 Å². The number of methoxy groups -OCH3 is 1. The van der Waals surface area contributed by atoms with Gasteiger partial charge in [-0.1, -0.05) is 23.7 Å². The van der Waals surface area contributed by atoms with Crippen molar-refractivity contribution in [2.75, 3.05) is 12.4 Å². The monoisotopic (exact) mass is 342 g/mol. The van der Waals surface area contributed by atoms with Gasteiger partial charge in [-0.05, 0) is 48.4 Å². The van der Waals surface area contributed by atoms with Crippen LogP contribution in [0, 0.1) is 18.3 Å². The number of nitriles is 1. The van der Waals surface area contributed by atoms with Gasteiger partial charge in [-0.15, -0.1) is 0 Å². The molecule has 0 spiro atoms. The molecule has 0 unspecified atom stereocenters. The van der Waals surface area contributed by atoms with Crippen LogP contribution in [-0.4, -0.2) is 18.1 Å². The predicted molar refractivity (Wildman–Crippen MR) is 93.1 cm³/mol. The Bertz CT molecular complexity index is 854. The first-order valence-electron chi connectivity index (χ1n) is 7.01. The topological polar surface area (TPSA) is 82.3 Å². The first kappa shape index (κ1) is 17.4. The summed E-state index contributed by atoms with van der Waals surface area (Å²) in [7, 11) is 1.38. The molecule has 0 fully saturated rings. The fourth-order valence-electron chi connectivity index (χ4n) is 2.07. The normalized spacial score (nSPS) is 10.8. The van der Waals surface area contributed by atoms with Crippen LogP contribution in [0.4, 0.5) is 5.69 Å². The summed E-state index contributed by atoms with van der Waals surface area (Å²) in [6.45, 7) is 1.90. The maximum Gasteiger partial charge on any atom is 0.266 e. The van der Waals surface area contributed by atoms with E-state index < -0.39 is 5.91 Å². The number of phenols is 1. The Kier molecular flexibility index (Phi) is 5.46. The molecule has 0 aromatic heterocycles. The van der Waals surface area contributed by atoms with Crippen LogP contribution in [0.2, 0.25) is 5.02 Å². The number of phenolic OH excluding ortho intramolecular Hbond substituents is 1. The number of nitrogens with zero attached hydrogens (tertiary/aromatic N) is 1. The number of anilines is 1. The first-order chi connectivity index (χ1) is 11.4. The summed E-state index contributed by atoms with van der Waals surface area (Å²) in [5.41, 5.74) is 1.96. The van der Waals surface area contributed by atoms with E-state index in [1.54, 1.807) is 12.1 Å². The number of carbonyl (C=O) groups is 1. The fourth-order valence-corrected chi connectivity index (χ4v) is 2.29. The summed E-state index contributed by atoms with van der Waals surface area (Å²) >= 11 is 5.91. The standard InChI is InChI=1S/C18H15ClN2O3/c1-11-4-3-5-14(6-11)21-18(23)13(10-20)7-12-8-15(19)17(22)16(9-12)24-2/h3-9,22H,1-2H3,(H,21,23)/b13-7+. The van der Waals surface area contributed by atoms with Crippen LogP contribution in [0.5, 0.6) is 11.5 Å². The van der Waals surface area contributed by atoms with Crippen molar-refractivity contribution in [3.63, 3.8) is 0 Å². The van der Waals surface area contributed by atoms with E-state index in [1.165, 1.54) is 25.3 Å². The second-order valence-corrected chi connectivity index (χ2v) is 5.45. The summed E-state index contributed by atoms with van der Waals surface area (Å²) in [4.78, 5) is 12.3. The van der Waals surface area contributed by atoms with Crippen LogP contribution in [0.15, 0.2) is 42.0 Å². The lowest BCUT2D eigenvalue weighted by Gasteiger charge is -2.07. The van der Waals surface area contributed by atoms with Crippen molar-refractivity contribution in [2.24, 2.45) is 0 Å². The number of halogens is 1. The lowest BCUT2D eigenvalue weighted by atomic mass is 10.1. The Morgan fingerprint density at radius 1 is 1.38 bits per heavy atom. The van der Waals surface area contributed by atoms with Gasteiger partial charge >= 0.3 is 0 Å². The SMILES string of the molecule is COc1cc(/C=C(\C#N)C(=O)Nc2cccc(C)c2)cc(Cl)c1O. The summed E-state index contributed by atoms with van der Waals surface area (Å²) < 4.78 is 5.00. The second-order valence-electron chi connectivity index (χ2n) is 5.05. The largest absolute Gasteiger partial charge is 0.503 e. The number of ether oxygens (including phenoxy) is 1. The maximum atomic E-state index is 12.3. The molecule has 122 valence electrons. The molecule has 0 radical (unpaired) electrons. The van der Waals surface area contributed by atoms with Crippen molar-refractivity contribution in [3.8, 4) is 17.6 Å². The van der Waals surface area contributed by atoms with Gasteiger partial charge in [0, 0.05) is 5.69 Å². The van der Waals surface area contributed by atoms with Crippen molar-refractivity contribution in [2.45, 2.75) is 6.92 Å². The lowest BCUT2D eigenvalue weighted by molar-refractivity contribution is -0.112. The molecule has 24 heavy (non-hydrogen) atoms. The summed E-state index contributed by atoms with van der Waals surface area (Å²) in [6.07, 6.45) is 1.37. The molecule has 2 rings (SSSR count).